The molecule has 1 aliphatic carbocycles. The van der Waals surface area contributed by atoms with Crippen LogP contribution >= 0.6 is 0 Å². The number of carbonyl (C=O) groups is 1. The molecule has 0 heterocycles. The van der Waals surface area contributed by atoms with E-state index in [0.717, 1.165) is 0 Å². The number of carbonyl (C=O) groups excluding carboxylic acids is 1. The molecule has 13 heavy (non-hydrogen) atoms. The van der Waals surface area contributed by atoms with Gasteiger partial charge in [-0.1, -0.05) is 30.7 Å². The number of allylic oxidation sites excluding steroid dienone is 2. The van der Waals surface area contributed by atoms with Crippen LogP contribution in [-0.2, 0) is 9.53 Å². The summed E-state index contributed by atoms with van der Waals surface area (Å²) in [4.78, 5) is 11.5. The second kappa shape index (κ2) is 4.38. The zero-order valence-electron chi connectivity index (χ0n) is 8.41. The predicted molar refractivity (Wildman–Crippen MR) is 52.5 cm³/mol. The lowest BCUT2D eigenvalue weighted by Gasteiger charge is -2.20. The summed E-state index contributed by atoms with van der Waals surface area (Å²) in [6.07, 6.45) is 6.28. The zero-order chi connectivity index (χ0) is 9.84. The van der Waals surface area contributed by atoms with Gasteiger partial charge in [0.05, 0.1) is 0 Å². The van der Waals surface area contributed by atoms with Crippen molar-refractivity contribution in [2.45, 2.75) is 26.4 Å². The second-order valence-corrected chi connectivity index (χ2v) is 3.30. The van der Waals surface area contributed by atoms with Crippen LogP contribution in [0, 0.1) is 5.92 Å². The van der Waals surface area contributed by atoms with E-state index in [0.29, 0.717) is 6.42 Å². The lowest BCUT2D eigenvalue weighted by atomic mass is 9.93. The number of ether oxygens (including phenoxy) is 1. The second-order valence-electron chi connectivity index (χ2n) is 3.30. The molecule has 0 fully saturated rings. The number of methoxy groups -OCH3 is 1. The van der Waals surface area contributed by atoms with Gasteiger partial charge in [0.25, 0.3) is 0 Å². The molecule has 0 aromatic rings. The Morgan fingerprint density at radius 3 is 2.77 bits per heavy atom. The van der Waals surface area contributed by atoms with E-state index in [1.165, 1.54) is 5.57 Å². The van der Waals surface area contributed by atoms with Crippen LogP contribution in [-0.4, -0.2) is 19.0 Å². The maximum absolute atomic E-state index is 11.5. The molecule has 2 unspecified atom stereocenters. The molecule has 72 valence electrons. The minimum atomic E-state index is -0.292. The highest BCUT2D eigenvalue weighted by Gasteiger charge is 2.27. The van der Waals surface area contributed by atoms with Gasteiger partial charge in [0.2, 0.25) is 0 Å². The van der Waals surface area contributed by atoms with Gasteiger partial charge in [-0.25, -0.2) is 0 Å². The Balaban J connectivity index is 2.72. The molecule has 0 N–H and O–H groups in total. The predicted octanol–water partition coefficient (Wildman–Crippen LogP) is 2.11. The average molecular weight is 180 g/mol. The summed E-state index contributed by atoms with van der Waals surface area (Å²) in [6, 6.07) is 0. The van der Waals surface area contributed by atoms with E-state index in [1.807, 2.05) is 32.1 Å². The molecule has 0 spiro atoms. The summed E-state index contributed by atoms with van der Waals surface area (Å²) in [5.41, 5.74) is 1.20. The molecule has 0 radical (unpaired) electrons. The molecule has 0 bridgehead atoms. The third-order valence-electron chi connectivity index (χ3n) is 2.45. The third-order valence-corrected chi connectivity index (χ3v) is 2.45. The van der Waals surface area contributed by atoms with Crippen LogP contribution < -0.4 is 0 Å². The van der Waals surface area contributed by atoms with Crippen molar-refractivity contribution in [3.8, 4) is 0 Å². The fraction of sp³-hybridized carbons (Fsp3) is 0.545. The lowest BCUT2D eigenvalue weighted by Crippen LogP contribution is -2.30. The Morgan fingerprint density at radius 1 is 1.69 bits per heavy atom. The van der Waals surface area contributed by atoms with E-state index >= 15 is 0 Å². The van der Waals surface area contributed by atoms with E-state index in [2.05, 4.69) is 0 Å². The van der Waals surface area contributed by atoms with Crippen LogP contribution in [0.1, 0.15) is 20.3 Å². The Labute approximate surface area is 79.3 Å². The smallest absolute Gasteiger partial charge is 0.162 e. The monoisotopic (exact) mass is 180 g/mol. The van der Waals surface area contributed by atoms with Crippen molar-refractivity contribution < 1.29 is 9.53 Å². The van der Waals surface area contributed by atoms with Crippen molar-refractivity contribution in [2.75, 3.05) is 7.11 Å². The zero-order valence-corrected chi connectivity index (χ0v) is 8.41. The van der Waals surface area contributed by atoms with Gasteiger partial charge in [0.1, 0.15) is 6.10 Å². The molecule has 1 aliphatic rings. The Hall–Kier alpha value is -0.890. The molecule has 2 heteroatoms. The quantitative estimate of drug-likeness (QED) is 0.662. The van der Waals surface area contributed by atoms with Crippen LogP contribution in [0.15, 0.2) is 23.8 Å². The maximum Gasteiger partial charge on any atom is 0.162 e. The number of Topliss-reactive ketones (excluding diaryl/α,β-unsaturated/α-hetero) is 1. The van der Waals surface area contributed by atoms with Crippen molar-refractivity contribution in [3.05, 3.63) is 23.8 Å². The topological polar surface area (TPSA) is 26.3 Å². The summed E-state index contributed by atoms with van der Waals surface area (Å²) in [5, 5.41) is 0. The van der Waals surface area contributed by atoms with E-state index in [1.54, 1.807) is 7.11 Å². The van der Waals surface area contributed by atoms with Gasteiger partial charge in [0.15, 0.2) is 5.78 Å². The van der Waals surface area contributed by atoms with Crippen LogP contribution in [0.25, 0.3) is 0 Å². The van der Waals surface area contributed by atoms with E-state index in [9.17, 15) is 4.79 Å². The summed E-state index contributed by atoms with van der Waals surface area (Å²) in [6.45, 7) is 3.89. The molecule has 2 nitrogen and oxygen atoms in total. The van der Waals surface area contributed by atoms with Crippen molar-refractivity contribution in [3.63, 3.8) is 0 Å². The number of hydrogen-bond acceptors (Lipinski definition) is 2. The molecule has 0 aliphatic heterocycles. The molecule has 1 rings (SSSR count). The summed E-state index contributed by atoms with van der Waals surface area (Å²) >= 11 is 0. The third kappa shape index (κ3) is 2.07. The Bertz CT molecular complexity index is 251. The summed E-state index contributed by atoms with van der Waals surface area (Å²) < 4.78 is 5.22. The van der Waals surface area contributed by atoms with Crippen LogP contribution in [0.5, 0.6) is 0 Å². The fourth-order valence-electron chi connectivity index (χ4n) is 1.61. The lowest BCUT2D eigenvalue weighted by molar-refractivity contribution is -0.129. The SMILES string of the molecule is CCC(=O)C(OC)C1C=CC=C1C. The van der Waals surface area contributed by atoms with Gasteiger partial charge in [-0.05, 0) is 6.92 Å². The summed E-state index contributed by atoms with van der Waals surface area (Å²) in [5.74, 6) is 0.323. The molecule has 0 aromatic heterocycles. The highest BCUT2D eigenvalue weighted by Crippen LogP contribution is 2.24. The van der Waals surface area contributed by atoms with Crippen molar-refractivity contribution in [2.24, 2.45) is 5.92 Å². The Kier molecular flexibility index (Phi) is 3.43. The van der Waals surface area contributed by atoms with Crippen molar-refractivity contribution >= 4 is 5.78 Å². The highest BCUT2D eigenvalue weighted by molar-refractivity contribution is 5.84. The van der Waals surface area contributed by atoms with Gasteiger partial charge >= 0.3 is 0 Å². The van der Waals surface area contributed by atoms with Crippen molar-refractivity contribution in [1.29, 1.82) is 0 Å². The minimum Gasteiger partial charge on any atom is -0.373 e. The first kappa shape index (κ1) is 10.2. The molecule has 0 amide bonds. The largest absolute Gasteiger partial charge is 0.373 e. The Morgan fingerprint density at radius 2 is 2.38 bits per heavy atom. The maximum atomic E-state index is 11.5. The van der Waals surface area contributed by atoms with Crippen LogP contribution in [0.3, 0.4) is 0 Å². The van der Waals surface area contributed by atoms with Crippen LogP contribution in [0.4, 0.5) is 0 Å². The number of hydrogen-bond donors (Lipinski definition) is 0. The van der Waals surface area contributed by atoms with E-state index in [4.69, 9.17) is 4.74 Å². The average Bonchev–Trinajstić information content (AvgIpc) is 2.53. The fourth-order valence-corrected chi connectivity index (χ4v) is 1.61. The first-order chi connectivity index (χ1) is 6.20. The van der Waals surface area contributed by atoms with Gasteiger partial charge in [0, 0.05) is 19.4 Å². The molecule has 0 saturated carbocycles. The van der Waals surface area contributed by atoms with Gasteiger partial charge in [-0.2, -0.15) is 0 Å². The molecule has 0 saturated heterocycles. The standard InChI is InChI=1S/C11H16O2/c1-4-10(12)11(13-3)9-7-5-6-8(9)2/h5-7,9,11H,4H2,1-3H3. The molecule has 2 atom stereocenters. The number of rotatable bonds is 4. The number of ketones is 1. The van der Waals surface area contributed by atoms with Gasteiger partial charge < -0.3 is 4.74 Å². The van der Waals surface area contributed by atoms with Crippen molar-refractivity contribution in [1.82, 2.24) is 0 Å². The minimum absolute atomic E-state index is 0.150. The van der Waals surface area contributed by atoms with Gasteiger partial charge in [-0.15, -0.1) is 0 Å². The molecular weight excluding hydrogens is 164 g/mol. The molecule has 0 aromatic carbocycles. The van der Waals surface area contributed by atoms with E-state index in [-0.39, 0.29) is 17.8 Å². The first-order valence-corrected chi connectivity index (χ1v) is 4.61. The normalized spacial score (nSPS) is 23.0. The van der Waals surface area contributed by atoms with E-state index < -0.39 is 0 Å². The van der Waals surface area contributed by atoms with Crippen LogP contribution in [0.2, 0.25) is 0 Å². The van der Waals surface area contributed by atoms with Gasteiger partial charge in [-0.3, -0.25) is 4.79 Å². The molecular formula is C11H16O2. The first-order valence-electron chi connectivity index (χ1n) is 4.61. The highest BCUT2D eigenvalue weighted by atomic mass is 16.5. The summed E-state index contributed by atoms with van der Waals surface area (Å²) in [7, 11) is 1.59.